The van der Waals surface area contributed by atoms with Crippen LogP contribution >= 0.6 is 12.4 Å². The molecule has 0 saturated heterocycles. The van der Waals surface area contributed by atoms with E-state index in [4.69, 9.17) is 16.3 Å². The summed E-state index contributed by atoms with van der Waals surface area (Å²) in [5, 5.41) is 13.1. The fraction of sp³-hybridized carbons (Fsp3) is 0.0690. The van der Waals surface area contributed by atoms with E-state index < -0.39 is 10.0 Å². The highest BCUT2D eigenvalue weighted by Gasteiger charge is 2.14. The monoisotopic (exact) mass is 530 g/mol. The largest absolute Gasteiger partial charge is 0.384 e. The predicted molar refractivity (Wildman–Crippen MR) is 152 cm³/mol. The van der Waals surface area contributed by atoms with Crippen LogP contribution in [0.25, 0.3) is 11.1 Å². The number of halogens is 1. The van der Waals surface area contributed by atoms with Crippen molar-refractivity contribution >= 4 is 34.0 Å². The number of rotatable bonds is 7. The van der Waals surface area contributed by atoms with Gasteiger partial charge < -0.3 is 10.6 Å². The van der Waals surface area contributed by atoms with E-state index in [-0.39, 0.29) is 23.1 Å². The van der Waals surface area contributed by atoms with Crippen LogP contribution in [0.2, 0.25) is 0 Å². The van der Waals surface area contributed by atoms with Crippen molar-refractivity contribution in [2.75, 3.05) is 11.4 Å². The summed E-state index contributed by atoms with van der Waals surface area (Å²) >= 11 is 0. The summed E-state index contributed by atoms with van der Waals surface area (Å²) in [6, 6.07) is 31.7. The molecule has 0 bridgehead atoms. The van der Waals surface area contributed by atoms with Crippen LogP contribution in [0.1, 0.15) is 16.7 Å². The van der Waals surface area contributed by atoms with E-state index in [1.807, 2.05) is 66.7 Å². The van der Waals surface area contributed by atoms with Crippen molar-refractivity contribution in [3.63, 3.8) is 0 Å². The Hall–Kier alpha value is -4.09. The van der Waals surface area contributed by atoms with Crippen molar-refractivity contribution in [3.8, 4) is 23.0 Å². The van der Waals surface area contributed by atoms with E-state index in [0.29, 0.717) is 24.2 Å². The normalized spacial score (nSPS) is 10.5. The number of amidine groups is 1. The number of nitrogen functional groups attached to an aromatic ring is 1. The zero-order valence-electron chi connectivity index (χ0n) is 20.0. The van der Waals surface area contributed by atoms with E-state index in [1.165, 1.54) is 6.07 Å². The van der Waals surface area contributed by atoms with E-state index in [9.17, 15) is 8.42 Å². The van der Waals surface area contributed by atoms with Gasteiger partial charge in [0.2, 0.25) is 10.0 Å². The Labute approximate surface area is 223 Å². The first-order valence-corrected chi connectivity index (χ1v) is 12.8. The molecule has 5 N–H and O–H groups in total. The Kier molecular flexibility index (Phi) is 9.10. The van der Waals surface area contributed by atoms with Crippen molar-refractivity contribution in [2.45, 2.75) is 11.4 Å². The second kappa shape index (κ2) is 12.2. The Morgan fingerprint density at radius 2 is 1.54 bits per heavy atom. The van der Waals surface area contributed by atoms with Gasteiger partial charge in [0.1, 0.15) is 5.84 Å². The number of primary sulfonamides is 1. The standard InChI is InChI=1S/C29H26N4O2S.ClH/c30-29(31)25-11-6-12-26(20-25)33(21-23-8-2-1-3-9-23)19-7-10-22-15-17-24(18-16-22)27-13-4-5-14-28(27)36(32,34)35;/h1-6,8-9,11-18,20H,19,21H2,(H3,30,31)(H2,32,34,35);1H. The molecule has 8 heteroatoms. The molecule has 0 aliphatic carbocycles. The third-order valence-corrected chi connectivity index (χ3v) is 6.60. The molecule has 6 nitrogen and oxygen atoms in total. The molecule has 0 fully saturated rings. The molecule has 0 saturated carbocycles. The van der Waals surface area contributed by atoms with Gasteiger partial charge in [0.15, 0.2) is 0 Å². The summed E-state index contributed by atoms with van der Waals surface area (Å²) in [5.74, 6) is 6.45. The molecule has 188 valence electrons. The van der Waals surface area contributed by atoms with Crippen molar-refractivity contribution in [3.05, 3.63) is 120 Å². The molecule has 4 aromatic carbocycles. The van der Waals surface area contributed by atoms with Crippen molar-refractivity contribution in [2.24, 2.45) is 10.9 Å². The zero-order chi connectivity index (χ0) is 25.5. The quantitative estimate of drug-likeness (QED) is 0.181. The molecule has 4 aromatic rings. The summed E-state index contributed by atoms with van der Waals surface area (Å²) in [6.07, 6.45) is 0. The minimum absolute atomic E-state index is 0. The highest BCUT2D eigenvalue weighted by molar-refractivity contribution is 7.89. The maximum atomic E-state index is 11.9. The Balaban J connectivity index is 0.00000380. The van der Waals surface area contributed by atoms with E-state index >= 15 is 0 Å². The van der Waals surface area contributed by atoms with Gasteiger partial charge in [-0.1, -0.05) is 84.6 Å². The van der Waals surface area contributed by atoms with Crippen LogP contribution in [0.4, 0.5) is 5.69 Å². The SMILES string of the molecule is Cl.N=C(N)c1cccc(N(CC#Cc2ccc(-c3ccccc3S(N)(=O)=O)cc2)Cc2ccccc2)c1. The molecule has 0 unspecified atom stereocenters. The molecule has 0 aliphatic rings. The number of benzene rings is 4. The first kappa shape index (κ1) is 27.5. The summed E-state index contributed by atoms with van der Waals surface area (Å²) in [5.41, 5.74) is 10.5. The minimum atomic E-state index is -3.83. The number of anilines is 1. The molecule has 0 radical (unpaired) electrons. The second-order valence-corrected chi connectivity index (χ2v) is 9.76. The second-order valence-electron chi connectivity index (χ2n) is 8.23. The van der Waals surface area contributed by atoms with Crippen LogP contribution in [0.15, 0.2) is 108 Å². The number of sulfonamides is 1. The van der Waals surface area contributed by atoms with Crippen LogP contribution in [-0.2, 0) is 16.6 Å². The smallest absolute Gasteiger partial charge is 0.238 e. The lowest BCUT2D eigenvalue weighted by Crippen LogP contribution is -2.23. The number of hydrogen-bond acceptors (Lipinski definition) is 4. The van der Waals surface area contributed by atoms with Gasteiger partial charge >= 0.3 is 0 Å². The average Bonchev–Trinajstić information content (AvgIpc) is 2.89. The molecule has 0 aromatic heterocycles. The molecule has 0 aliphatic heterocycles. The number of nitrogens with two attached hydrogens (primary N) is 2. The van der Waals surface area contributed by atoms with Gasteiger partial charge in [-0.2, -0.15) is 0 Å². The van der Waals surface area contributed by atoms with Crippen LogP contribution in [0, 0.1) is 17.3 Å². The van der Waals surface area contributed by atoms with Crippen LogP contribution in [0.3, 0.4) is 0 Å². The lowest BCUT2D eigenvalue weighted by atomic mass is 10.0. The molecule has 0 heterocycles. The van der Waals surface area contributed by atoms with Gasteiger partial charge in [0, 0.05) is 28.9 Å². The van der Waals surface area contributed by atoms with Gasteiger partial charge in [0.25, 0.3) is 0 Å². The first-order chi connectivity index (χ1) is 17.3. The first-order valence-electron chi connectivity index (χ1n) is 11.3. The Morgan fingerprint density at radius 3 is 2.22 bits per heavy atom. The number of nitrogens with zero attached hydrogens (tertiary/aromatic N) is 1. The molecular weight excluding hydrogens is 504 g/mol. The fourth-order valence-corrected chi connectivity index (χ4v) is 4.60. The van der Waals surface area contributed by atoms with E-state index in [0.717, 1.165) is 22.4 Å². The average molecular weight is 531 g/mol. The molecular formula is C29H27ClN4O2S. The summed E-state index contributed by atoms with van der Waals surface area (Å²) < 4.78 is 23.9. The third kappa shape index (κ3) is 7.21. The van der Waals surface area contributed by atoms with Gasteiger partial charge in [-0.15, -0.1) is 12.4 Å². The minimum Gasteiger partial charge on any atom is -0.384 e. The van der Waals surface area contributed by atoms with Crippen molar-refractivity contribution in [1.29, 1.82) is 5.41 Å². The Morgan fingerprint density at radius 1 is 0.865 bits per heavy atom. The molecule has 0 spiro atoms. The van der Waals surface area contributed by atoms with Gasteiger partial charge in [-0.25, -0.2) is 13.6 Å². The van der Waals surface area contributed by atoms with E-state index in [1.54, 1.807) is 18.2 Å². The molecule has 0 atom stereocenters. The predicted octanol–water partition coefficient (Wildman–Crippen LogP) is 4.77. The summed E-state index contributed by atoms with van der Waals surface area (Å²) in [7, 11) is -3.83. The lowest BCUT2D eigenvalue weighted by molar-refractivity contribution is 0.598. The van der Waals surface area contributed by atoms with Crippen LogP contribution in [-0.4, -0.2) is 20.8 Å². The topological polar surface area (TPSA) is 113 Å². The number of nitrogens with one attached hydrogen (secondary N) is 1. The van der Waals surface area contributed by atoms with Gasteiger partial charge in [-0.3, -0.25) is 5.41 Å². The molecule has 0 amide bonds. The molecule has 37 heavy (non-hydrogen) atoms. The van der Waals surface area contributed by atoms with E-state index in [2.05, 4.69) is 28.9 Å². The zero-order valence-corrected chi connectivity index (χ0v) is 21.6. The van der Waals surface area contributed by atoms with Crippen molar-refractivity contribution < 1.29 is 8.42 Å². The highest BCUT2D eigenvalue weighted by Crippen LogP contribution is 2.26. The van der Waals surface area contributed by atoms with Crippen LogP contribution in [0.5, 0.6) is 0 Å². The number of hydrogen-bond donors (Lipinski definition) is 3. The van der Waals surface area contributed by atoms with Gasteiger partial charge in [0.05, 0.1) is 11.4 Å². The third-order valence-electron chi connectivity index (χ3n) is 5.63. The Bertz CT molecular complexity index is 1540. The lowest BCUT2D eigenvalue weighted by Gasteiger charge is -2.23. The van der Waals surface area contributed by atoms with Gasteiger partial charge in [-0.05, 0) is 41.5 Å². The van der Waals surface area contributed by atoms with Crippen molar-refractivity contribution in [1.82, 2.24) is 0 Å². The summed E-state index contributed by atoms with van der Waals surface area (Å²) in [4.78, 5) is 2.22. The highest BCUT2D eigenvalue weighted by atomic mass is 35.5. The molecule has 4 rings (SSSR count). The fourth-order valence-electron chi connectivity index (χ4n) is 3.84. The van der Waals surface area contributed by atoms with Crippen LogP contribution < -0.4 is 15.8 Å². The maximum absolute atomic E-state index is 11.9. The summed E-state index contributed by atoms with van der Waals surface area (Å²) in [6.45, 7) is 1.12. The maximum Gasteiger partial charge on any atom is 0.238 e.